The molecule has 3 aliphatic heterocycles. The van der Waals surface area contributed by atoms with Gasteiger partial charge in [-0.2, -0.15) is 0 Å². The van der Waals surface area contributed by atoms with Crippen molar-refractivity contribution >= 4 is 28.5 Å². The summed E-state index contributed by atoms with van der Waals surface area (Å²) in [6.07, 6.45) is 4.05. The van der Waals surface area contributed by atoms with E-state index in [1.54, 1.807) is 0 Å². The molecule has 0 aliphatic carbocycles. The molecule has 0 unspecified atom stereocenters. The molecule has 1 saturated heterocycles. The summed E-state index contributed by atoms with van der Waals surface area (Å²) < 4.78 is 7.47. The van der Waals surface area contributed by atoms with Crippen molar-refractivity contribution in [2.24, 2.45) is 0 Å². The Balaban J connectivity index is 1.67. The maximum atomic E-state index is 12.4. The van der Waals surface area contributed by atoms with Crippen molar-refractivity contribution in [3.05, 3.63) is 46.6 Å². The van der Waals surface area contributed by atoms with Gasteiger partial charge in [-0.1, -0.05) is 17.7 Å². The van der Waals surface area contributed by atoms with Crippen molar-refractivity contribution < 1.29 is 9.53 Å². The Morgan fingerprint density at radius 2 is 2.26 bits per heavy atom. The number of methoxy groups -OCH3 is 1. The normalized spacial score (nSPS) is 28.6. The lowest BCUT2D eigenvalue weighted by molar-refractivity contribution is -0.150. The van der Waals surface area contributed by atoms with Gasteiger partial charge in [0, 0.05) is 34.7 Å². The van der Waals surface area contributed by atoms with Crippen molar-refractivity contribution in [2.75, 3.05) is 13.7 Å². The first-order valence-electron chi connectivity index (χ1n) is 7.99. The molecule has 5 heteroatoms. The first kappa shape index (κ1) is 13.6. The lowest BCUT2D eigenvalue weighted by Gasteiger charge is -2.31. The van der Waals surface area contributed by atoms with Crippen molar-refractivity contribution in [1.29, 1.82) is 0 Å². The van der Waals surface area contributed by atoms with Crippen LogP contribution in [0.2, 0.25) is 5.02 Å². The van der Waals surface area contributed by atoms with Gasteiger partial charge in [-0.25, -0.2) is 4.79 Å². The van der Waals surface area contributed by atoms with E-state index in [1.165, 1.54) is 29.3 Å². The minimum atomic E-state index is -0.548. The number of rotatable bonds is 1. The van der Waals surface area contributed by atoms with E-state index in [0.717, 1.165) is 31.0 Å². The highest BCUT2D eigenvalue weighted by molar-refractivity contribution is 6.31. The van der Waals surface area contributed by atoms with Crippen LogP contribution in [0.3, 0.4) is 0 Å². The number of halogens is 1. The minimum Gasteiger partial charge on any atom is -0.467 e. The molecule has 4 heterocycles. The number of esters is 1. The fourth-order valence-corrected chi connectivity index (χ4v) is 4.93. The highest BCUT2D eigenvalue weighted by atomic mass is 35.5. The number of carbonyl (C=O) groups is 1. The van der Waals surface area contributed by atoms with Gasteiger partial charge in [-0.05, 0) is 42.7 Å². The van der Waals surface area contributed by atoms with Gasteiger partial charge in [0.25, 0.3) is 0 Å². The topological polar surface area (TPSA) is 34.5 Å². The molecule has 0 spiro atoms. The third kappa shape index (κ3) is 1.58. The summed E-state index contributed by atoms with van der Waals surface area (Å²) in [5.41, 5.74) is 3.25. The number of ether oxygens (including phenoxy) is 1. The van der Waals surface area contributed by atoms with Gasteiger partial charge >= 0.3 is 5.97 Å². The summed E-state index contributed by atoms with van der Waals surface area (Å²) in [6.45, 7) is 1.78. The molecule has 0 N–H and O–H groups in total. The molecular formula is C18H17ClN2O2. The molecule has 118 valence electrons. The van der Waals surface area contributed by atoms with Gasteiger partial charge in [-0.15, -0.1) is 0 Å². The van der Waals surface area contributed by atoms with Crippen LogP contribution in [0.1, 0.15) is 24.6 Å². The zero-order chi connectivity index (χ0) is 15.8. The summed E-state index contributed by atoms with van der Waals surface area (Å²) in [5, 5.41) is 1.93. The van der Waals surface area contributed by atoms with E-state index in [2.05, 4.69) is 27.7 Å². The van der Waals surface area contributed by atoms with Crippen LogP contribution >= 0.6 is 11.6 Å². The first-order chi connectivity index (χ1) is 11.1. The number of fused-ring (bicyclic) bond motifs is 7. The van der Waals surface area contributed by atoms with Crippen LogP contribution in [-0.4, -0.2) is 34.6 Å². The van der Waals surface area contributed by atoms with E-state index in [0.29, 0.717) is 0 Å². The number of aromatic nitrogens is 1. The molecule has 1 aromatic carbocycles. The Hall–Kier alpha value is -1.78. The van der Waals surface area contributed by atoms with E-state index in [9.17, 15) is 4.79 Å². The van der Waals surface area contributed by atoms with Crippen LogP contribution in [0.15, 0.2) is 35.9 Å². The zero-order valence-electron chi connectivity index (χ0n) is 12.9. The van der Waals surface area contributed by atoms with E-state index in [4.69, 9.17) is 16.3 Å². The summed E-state index contributed by atoms with van der Waals surface area (Å²) in [7, 11) is 1.49. The second kappa shape index (κ2) is 4.40. The highest BCUT2D eigenvalue weighted by Crippen LogP contribution is 2.52. The first-order valence-corrected chi connectivity index (χ1v) is 8.37. The lowest BCUT2D eigenvalue weighted by Crippen LogP contribution is -2.47. The third-order valence-electron chi connectivity index (χ3n) is 5.61. The molecule has 3 aliphatic rings. The monoisotopic (exact) mass is 328 g/mol. The van der Waals surface area contributed by atoms with Crippen molar-refractivity contribution in [3.63, 3.8) is 0 Å². The van der Waals surface area contributed by atoms with Crippen molar-refractivity contribution in [1.82, 2.24) is 9.47 Å². The maximum absolute atomic E-state index is 12.4. The second-order valence-electron chi connectivity index (χ2n) is 6.69. The standard InChI is InChI=1S/C18H17ClN2O2/c1-23-17(22)18-5-2-6-21(18)16-12(9-18)10-20-14-4-3-13(19)7-11(14)8-15(16)20/h3-4,7-9,16H,2,5-6,10H2,1H3/t16-,18-/m1/s1. The lowest BCUT2D eigenvalue weighted by atomic mass is 9.97. The van der Waals surface area contributed by atoms with Gasteiger partial charge in [-0.3, -0.25) is 4.90 Å². The Labute approximate surface area is 139 Å². The number of hydrogen-bond donors (Lipinski definition) is 0. The predicted octanol–water partition coefficient (Wildman–Crippen LogP) is 3.30. The van der Waals surface area contributed by atoms with E-state index in [1.807, 2.05) is 12.1 Å². The van der Waals surface area contributed by atoms with Crippen LogP contribution < -0.4 is 0 Å². The molecule has 23 heavy (non-hydrogen) atoms. The van der Waals surface area contributed by atoms with Gasteiger partial charge in [0.1, 0.15) is 5.54 Å². The van der Waals surface area contributed by atoms with E-state index in [-0.39, 0.29) is 12.0 Å². The van der Waals surface area contributed by atoms with Crippen LogP contribution in [0.25, 0.3) is 10.9 Å². The second-order valence-corrected chi connectivity index (χ2v) is 7.13. The fraction of sp³-hybridized carbons (Fsp3) is 0.389. The minimum absolute atomic E-state index is 0.123. The van der Waals surface area contributed by atoms with Crippen LogP contribution in [-0.2, 0) is 16.1 Å². The van der Waals surface area contributed by atoms with Gasteiger partial charge < -0.3 is 9.30 Å². The third-order valence-corrected chi connectivity index (χ3v) is 5.85. The average Bonchev–Trinajstić information content (AvgIpc) is 3.22. The van der Waals surface area contributed by atoms with Gasteiger partial charge in [0.15, 0.2) is 0 Å². The van der Waals surface area contributed by atoms with Gasteiger partial charge in [0.05, 0.1) is 13.2 Å². The Bertz CT molecular complexity index is 885. The molecule has 2 atom stereocenters. The molecule has 4 nitrogen and oxygen atoms in total. The van der Waals surface area contributed by atoms with Gasteiger partial charge in [0.2, 0.25) is 0 Å². The van der Waals surface area contributed by atoms with E-state index >= 15 is 0 Å². The van der Waals surface area contributed by atoms with Crippen LogP contribution in [0, 0.1) is 0 Å². The molecular weight excluding hydrogens is 312 g/mol. The number of carbonyl (C=O) groups excluding carboxylic acids is 1. The number of benzene rings is 1. The smallest absolute Gasteiger partial charge is 0.330 e. The molecule has 0 amide bonds. The van der Waals surface area contributed by atoms with Crippen LogP contribution in [0.4, 0.5) is 0 Å². The number of hydrogen-bond acceptors (Lipinski definition) is 3. The molecule has 0 radical (unpaired) electrons. The summed E-state index contributed by atoms with van der Waals surface area (Å²) in [5.74, 6) is -0.123. The summed E-state index contributed by atoms with van der Waals surface area (Å²) >= 11 is 6.13. The number of nitrogens with zero attached hydrogens (tertiary/aromatic N) is 2. The van der Waals surface area contributed by atoms with E-state index < -0.39 is 5.54 Å². The highest BCUT2D eigenvalue weighted by Gasteiger charge is 2.57. The fourth-order valence-electron chi connectivity index (χ4n) is 4.75. The molecule has 2 aromatic rings. The Morgan fingerprint density at radius 3 is 3.09 bits per heavy atom. The molecule has 5 rings (SSSR count). The maximum Gasteiger partial charge on any atom is 0.330 e. The van der Waals surface area contributed by atoms with Crippen LogP contribution in [0.5, 0.6) is 0 Å². The summed E-state index contributed by atoms with van der Waals surface area (Å²) in [6, 6.07) is 8.45. The zero-order valence-corrected chi connectivity index (χ0v) is 13.6. The Kier molecular flexibility index (Phi) is 2.61. The average molecular weight is 329 g/mol. The SMILES string of the molecule is COC(=O)[C@@]12C=C3Cn4c(cc5cc(Cl)ccc54)[C@@H]3N1CCC2. The Morgan fingerprint density at radius 1 is 1.39 bits per heavy atom. The quantitative estimate of drug-likeness (QED) is 0.595. The molecule has 1 aromatic heterocycles. The van der Waals surface area contributed by atoms with Crippen molar-refractivity contribution in [2.45, 2.75) is 31.0 Å². The molecule has 0 bridgehead atoms. The molecule has 0 saturated carbocycles. The predicted molar refractivity (Wildman–Crippen MR) is 88.5 cm³/mol. The van der Waals surface area contributed by atoms with Crippen molar-refractivity contribution in [3.8, 4) is 0 Å². The largest absolute Gasteiger partial charge is 0.467 e. The molecule has 1 fully saturated rings. The summed E-state index contributed by atoms with van der Waals surface area (Å²) in [4.78, 5) is 14.8.